The van der Waals surface area contributed by atoms with Crippen LogP contribution in [0.4, 0.5) is 0 Å². The van der Waals surface area contributed by atoms with E-state index in [-0.39, 0.29) is 29.1 Å². The number of hydrogen-bond donors (Lipinski definition) is 2. The van der Waals surface area contributed by atoms with Crippen molar-refractivity contribution in [3.8, 4) is 11.5 Å². The molecule has 0 spiro atoms. The van der Waals surface area contributed by atoms with E-state index in [0.717, 1.165) is 0 Å². The van der Waals surface area contributed by atoms with Gasteiger partial charge in [0.2, 0.25) is 0 Å². The second-order valence-corrected chi connectivity index (χ2v) is 5.79. The maximum absolute atomic E-state index is 11.4. The van der Waals surface area contributed by atoms with Crippen LogP contribution in [0.25, 0.3) is 0 Å². The first-order chi connectivity index (χ1) is 13.5. The minimum Gasteiger partial charge on any atom is -0.493 e. The van der Waals surface area contributed by atoms with E-state index in [0.29, 0.717) is 47.0 Å². The van der Waals surface area contributed by atoms with Crippen LogP contribution in [0.3, 0.4) is 0 Å². The molecule has 0 bridgehead atoms. The number of hydrogen-bond acceptors (Lipinski definition) is 6. The van der Waals surface area contributed by atoms with E-state index in [1.807, 2.05) is 13.8 Å². The number of fused-ring (bicyclic) bond motifs is 2. The van der Waals surface area contributed by atoms with Gasteiger partial charge in [-0.2, -0.15) is 0 Å². The minimum atomic E-state index is -0.381. The molecule has 9 heteroatoms. The van der Waals surface area contributed by atoms with Gasteiger partial charge in [0.05, 0.1) is 35.5 Å². The molecule has 2 heterocycles. The Hall–Kier alpha value is -3.72. The van der Waals surface area contributed by atoms with Crippen molar-refractivity contribution >= 4 is 23.6 Å². The Morgan fingerprint density at radius 2 is 1.03 bits per heavy atom. The molecule has 29 heavy (non-hydrogen) atoms. The topological polar surface area (TPSA) is 142 Å². The van der Waals surface area contributed by atoms with Gasteiger partial charge in [0.25, 0.3) is 23.6 Å². The molecule has 9 nitrogen and oxygen atoms in total. The third-order valence-electron chi connectivity index (χ3n) is 4.05. The highest BCUT2D eigenvalue weighted by atomic mass is 16.5. The van der Waals surface area contributed by atoms with Crippen LogP contribution in [0.2, 0.25) is 0 Å². The number of ether oxygens (including phenoxy) is 2. The fourth-order valence-corrected chi connectivity index (χ4v) is 2.93. The van der Waals surface area contributed by atoms with Crippen molar-refractivity contribution in [1.29, 1.82) is 0 Å². The fraction of sp³-hybridized carbons (Fsp3) is 0.200. The predicted molar refractivity (Wildman–Crippen MR) is 102 cm³/mol. The summed E-state index contributed by atoms with van der Waals surface area (Å²) in [5, 5.41) is 4.45. The van der Waals surface area contributed by atoms with Crippen LogP contribution in [0.1, 0.15) is 55.3 Å². The van der Waals surface area contributed by atoms with Gasteiger partial charge < -0.3 is 14.9 Å². The van der Waals surface area contributed by atoms with Crippen molar-refractivity contribution in [1.82, 2.24) is 10.6 Å². The molecule has 2 aromatic carbocycles. The van der Waals surface area contributed by atoms with Gasteiger partial charge in [0, 0.05) is 0 Å². The molecule has 2 aromatic rings. The average molecular weight is 400 g/mol. The Kier molecular flexibility index (Phi) is 6.68. The number of amides is 4. The largest absolute Gasteiger partial charge is 0.493 e. The lowest BCUT2D eigenvalue weighted by Crippen LogP contribution is -2.20. The van der Waals surface area contributed by atoms with Crippen molar-refractivity contribution in [3.05, 3.63) is 58.7 Å². The van der Waals surface area contributed by atoms with Gasteiger partial charge in [-0.1, -0.05) is 12.1 Å². The predicted octanol–water partition coefficient (Wildman–Crippen LogP) is 1.11. The summed E-state index contributed by atoms with van der Waals surface area (Å²) in [6.45, 7) is 4.60. The third kappa shape index (κ3) is 4.09. The summed E-state index contributed by atoms with van der Waals surface area (Å²) in [7, 11) is 0. The highest BCUT2D eigenvalue weighted by molar-refractivity contribution is 6.23. The quantitative estimate of drug-likeness (QED) is 0.736. The molecule has 0 aromatic heterocycles. The molecule has 2 aliphatic heterocycles. The van der Waals surface area contributed by atoms with E-state index in [1.54, 1.807) is 36.4 Å². The van der Waals surface area contributed by atoms with E-state index in [9.17, 15) is 19.2 Å². The van der Waals surface area contributed by atoms with Gasteiger partial charge >= 0.3 is 0 Å². The number of carbonyl (C=O) groups excluding carboxylic acids is 4. The molecule has 0 atom stereocenters. The summed E-state index contributed by atoms with van der Waals surface area (Å²) in [6.07, 6.45) is 0. The Morgan fingerprint density at radius 1 is 0.655 bits per heavy atom. The van der Waals surface area contributed by atoms with Gasteiger partial charge in [0.15, 0.2) is 0 Å². The summed E-state index contributed by atoms with van der Waals surface area (Å²) in [6, 6.07) is 9.97. The molecular formula is C20H20N2O7. The molecule has 0 fully saturated rings. The number of benzene rings is 2. The van der Waals surface area contributed by atoms with E-state index in [2.05, 4.69) is 10.6 Å². The summed E-state index contributed by atoms with van der Waals surface area (Å²) >= 11 is 0. The molecule has 0 saturated carbocycles. The highest BCUT2D eigenvalue weighted by Gasteiger charge is 2.30. The van der Waals surface area contributed by atoms with Crippen LogP contribution < -0.4 is 20.1 Å². The van der Waals surface area contributed by atoms with Crippen LogP contribution in [0, 0.1) is 0 Å². The third-order valence-corrected chi connectivity index (χ3v) is 4.05. The van der Waals surface area contributed by atoms with Gasteiger partial charge in [-0.05, 0) is 38.1 Å². The Labute approximate surface area is 166 Å². The average Bonchev–Trinajstić information content (AvgIpc) is 3.13. The monoisotopic (exact) mass is 400 g/mol. The zero-order valence-electron chi connectivity index (χ0n) is 15.8. The fourth-order valence-electron chi connectivity index (χ4n) is 2.93. The lowest BCUT2D eigenvalue weighted by atomic mass is 10.1. The van der Waals surface area contributed by atoms with E-state index in [4.69, 9.17) is 9.47 Å². The molecule has 4 amide bonds. The summed E-state index contributed by atoms with van der Waals surface area (Å²) < 4.78 is 10.5. The molecule has 0 aliphatic carbocycles. The molecule has 152 valence electrons. The lowest BCUT2D eigenvalue weighted by Gasteiger charge is -2.05. The summed E-state index contributed by atoms with van der Waals surface area (Å²) in [4.78, 5) is 45.2. The van der Waals surface area contributed by atoms with Crippen LogP contribution in [-0.4, -0.2) is 42.3 Å². The van der Waals surface area contributed by atoms with Crippen molar-refractivity contribution in [3.63, 3.8) is 0 Å². The Morgan fingerprint density at radius 3 is 1.38 bits per heavy atom. The zero-order valence-corrected chi connectivity index (χ0v) is 15.8. The maximum Gasteiger partial charge on any atom is 0.262 e. The van der Waals surface area contributed by atoms with E-state index < -0.39 is 0 Å². The number of carbonyl (C=O) groups is 4. The Bertz CT molecular complexity index is 905. The van der Waals surface area contributed by atoms with Crippen LogP contribution in [-0.2, 0) is 0 Å². The standard InChI is InChI=1S/2C10H9NO3.H2O/c2*1-2-14-7-5-3-4-6-8(7)10(13)11-9(6)12;/h2*3-5H,2H2,1H3,(H,11,12,13);1H2. The zero-order chi connectivity index (χ0) is 20.3. The van der Waals surface area contributed by atoms with Crippen LogP contribution in [0.5, 0.6) is 11.5 Å². The summed E-state index contributed by atoms with van der Waals surface area (Å²) in [5.74, 6) is -0.539. The molecule has 4 N–H and O–H groups in total. The number of nitrogens with one attached hydrogen (secondary N) is 2. The van der Waals surface area contributed by atoms with Crippen LogP contribution in [0.15, 0.2) is 36.4 Å². The second-order valence-electron chi connectivity index (χ2n) is 5.79. The molecule has 4 rings (SSSR count). The first-order valence-corrected chi connectivity index (χ1v) is 8.70. The number of rotatable bonds is 4. The molecule has 0 unspecified atom stereocenters. The minimum absolute atomic E-state index is 0. The van der Waals surface area contributed by atoms with Gasteiger partial charge in [-0.25, -0.2) is 0 Å². The normalized spacial score (nSPS) is 13.3. The molecular weight excluding hydrogens is 380 g/mol. The lowest BCUT2D eigenvalue weighted by molar-refractivity contribution is 0.0862. The first-order valence-electron chi connectivity index (χ1n) is 8.70. The first kappa shape index (κ1) is 21.6. The summed E-state index contributed by atoms with van der Waals surface area (Å²) in [5.41, 5.74) is 1.47. The van der Waals surface area contributed by atoms with Gasteiger partial charge in [0.1, 0.15) is 11.5 Å². The van der Waals surface area contributed by atoms with Crippen molar-refractivity contribution in [2.45, 2.75) is 13.8 Å². The number of imide groups is 2. The van der Waals surface area contributed by atoms with Crippen molar-refractivity contribution in [2.24, 2.45) is 0 Å². The molecule has 0 saturated heterocycles. The van der Waals surface area contributed by atoms with E-state index >= 15 is 0 Å². The second kappa shape index (κ2) is 8.98. The van der Waals surface area contributed by atoms with Crippen LogP contribution >= 0.6 is 0 Å². The van der Waals surface area contributed by atoms with E-state index in [1.165, 1.54) is 0 Å². The molecule has 2 aliphatic rings. The van der Waals surface area contributed by atoms with Crippen molar-refractivity contribution in [2.75, 3.05) is 13.2 Å². The maximum atomic E-state index is 11.4. The van der Waals surface area contributed by atoms with Gasteiger partial charge in [-0.3, -0.25) is 29.8 Å². The highest BCUT2D eigenvalue weighted by Crippen LogP contribution is 2.27. The molecule has 0 radical (unpaired) electrons. The smallest absolute Gasteiger partial charge is 0.262 e. The SMILES string of the molecule is CCOc1cccc2c1C(=O)NC2=O.CCOc1cccc2c1C(=O)NC2=O.O. The van der Waals surface area contributed by atoms with Gasteiger partial charge in [-0.15, -0.1) is 0 Å². The Balaban J connectivity index is 0.000000200. The van der Waals surface area contributed by atoms with Crippen molar-refractivity contribution < 1.29 is 34.1 Å².